The summed E-state index contributed by atoms with van der Waals surface area (Å²) in [5.41, 5.74) is 2.36. The third kappa shape index (κ3) is 1.71. The van der Waals surface area contributed by atoms with Crippen LogP contribution in [0.2, 0.25) is 0 Å². The molecule has 1 rings (SSSR count). The molecular weight excluding hydrogens is 143 g/mol. The summed E-state index contributed by atoms with van der Waals surface area (Å²) in [6, 6.07) is 8.10. The van der Waals surface area contributed by atoms with Crippen LogP contribution in [0.1, 0.15) is 32.8 Å². The second kappa shape index (κ2) is 3.34. The highest BCUT2D eigenvalue weighted by Crippen LogP contribution is 2.24. The van der Waals surface area contributed by atoms with Gasteiger partial charge in [0.1, 0.15) is 7.85 Å². The normalized spacial score (nSPS) is 11.6. The molecule has 0 bridgehead atoms. The zero-order valence-corrected chi connectivity index (χ0v) is 8.09. The van der Waals surface area contributed by atoms with Gasteiger partial charge in [-0.1, -0.05) is 50.5 Å². The molecule has 0 aromatic heterocycles. The van der Waals surface area contributed by atoms with Crippen molar-refractivity contribution in [1.82, 2.24) is 0 Å². The van der Waals surface area contributed by atoms with Crippen LogP contribution < -0.4 is 5.46 Å². The van der Waals surface area contributed by atoms with Crippen molar-refractivity contribution in [2.45, 2.75) is 32.6 Å². The molecule has 1 aromatic rings. The average molecular weight is 158 g/mol. The van der Waals surface area contributed by atoms with Gasteiger partial charge in [-0.15, -0.1) is 0 Å². The van der Waals surface area contributed by atoms with Crippen molar-refractivity contribution in [3.05, 3.63) is 29.8 Å². The topological polar surface area (TPSA) is 0 Å². The van der Waals surface area contributed by atoms with Gasteiger partial charge in [-0.25, -0.2) is 0 Å². The summed E-state index contributed by atoms with van der Waals surface area (Å²) in [5.74, 6) is 0. The third-order valence-electron chi connectivity index (χ3n) is 2.57. The molecule has 0 aliphatic heterocycles. The SMILES string of the molecule is [B]c1ccccc1C(C)(C)CC. The lowest BCUT2D eigenvalue weighted by molar-refractivity contribution is 0.509. The van der Waals surface area contributed by atoms with Gasteiger partial charge in [0.25, 0.3) is 0 Å². The van der Waals surface area contributed by atoms with Crippen molar-refractivity contribution in [2.75, 3.05) is 0 Å². The van der Waals surface area contributed by atoms with Gasteiger partial charge >= 0.3 is 0 Å². The fraction of sp³-hybridized carbons (Fsp3) is 0.455. The zero-order valence-electron chi connectivity index (χ0n) is 8.09. The Hall–Kier alpha value is -0.715. The first-order chi connectivity index (χ1) is 5.58. The molecule has 0 heterocycles. The Morgan fingerprint density at radius 1 is 1.25 bits per heavy atom. The lowest BCUT2D eigenvalue weighted by Gasteiger charge is -2.25. The molecule has 1 heteroatoms. The Bertz CT molecular complexity index is 263. The first-order valence-electron chi connectivity index (χ1n) is 4.43. The molecule has 0 fully saturated rings. The molecule has 62 valence electrons. The Kier molecular flexibility index (Phi) is 2.61. The van der Waals surface area contributed by atoms with Crippen LogP contribution in [0.4, 0.5) is 0 Å². The second-order valence-electron chi connectivity index (χ2n) is 3.82. The maximum Gasteiger partial charge on any atom is 0.114 e. The van der Waals surface area contributed by atoms with Gasteiger partial charge in [-0.3, -0.25) is 0 Å². The van der Waals surface area contributed by atoms with E-state index in [9.17, 15) is 0 Å². The minimum atomic E-state index is 0.200. The number of benzene rings is 1. The van der Waals surface area contributed by atoms with Gasteiger partial charge in [0.2, 0.25) is 0 Å². The molecule has 12 heavy (non-hydrogen) atoms. The Morgan fingerprint density at radius 3 is 2.33 bits per heavy atom. The maximum atomic E-state index is 5.88. The van der Waals surface area contributed by atoms with Crippen LogP contribution in [-0.4, -0.2) is 7.85 Å². The fourth-order valence-corrected chi connectivity index (χ4v) is 1.30. The number of hydrogen-bond donors (Lipinski definition) is 0. The molecule has 0 spiro atoms. The molecule has 2 radical (unpaired) electrons. The van der Waals surface area contributed by atoms with Crippen LogP contribution in [0, 0.1) is 0 Å². The lowest BCUT2D eigenvalue weighted by atomic mass is 9.75. The van der Waals surface area contributed by atoms with Crippen molar-refractivity contribution in [3.63, 3.8) is 0 Å². The van der Waals surface area contributed by atoms with E-state index in [2.05, 4.69) is 26.8 Å². The Balaban J connectivity index is 3.10. The van der Waals surface area contributed by atoms with Crippen LogP contribution in [0.25, 0.3) is 0 Å². The van der Waals surface area contributed by atoms with Crippen LogP contribution in [0.3, 0.4) is 0 Å². The molecule has 0 aliphatic carbocycles. The maximum absolute atomic E-state index is 5.88. The highest BCUT2D eigenvalue weighted by atomic mass is 14.2. The monoisotopic (exact) mass is 158 g/mol. The molecule has 0 atom stereocenters. The first kappa shape index (κ1) is 9.37. The van der Waals surface area contributed by atoms with Crippen LogP contribution in [-0.2, 0) is 5.41 Å². The van der Waals surface area contributed by atoms with Crippen molar-refractivity contribution in [3.8, 4) is 0 Å². The molecular formula is C11H15B. The van der Waals surface area contributed by atoms with Crippen molar-refractivity contribution in [2.24, 2.45) is 0 Å². The highest BCUT2D eigenvalue weighted by molar-refractivity contribution is 6.33. The summed E-state index contributed by atoms with van der Waals surface area (Å²) in [6.07, 6.45) is 1.11. The van der Waals surface area contributed by atoms with E-state index in [0.717, 1.165) is 11.9 Å². The molecule has 0 unspecified atom stereocenters. The summed E-state index contributed by atoms with van der Waals surface area (Å²) >= 11 is 0. The van der Waals surface area contributed by atoms with Gasteiger partial charge in [0.15, 0.2) is 0 Å². The van der Waals surface area contributed by atoms with Gasteiger partial charge < -0.3 is 0 Å². The van der Waals surface area contributed by atoms with Crippen LogP contribution in [0.5, 0.6) is 0 Å². The second-order valence-corrected chi connectivity index (χ2v) is 3.82. The van der Waals surface area contributed by atoms with Gasteiger partial charge in [-0.2, -0.15) is 0 Å². The van der Waals surface area contributed by atoms with E-state index in [1.807, 2.05) is 18.2 Å². The van der Waals surface area contributed by atoms with Gasteiger partial charge in [0.05, 0.1) is 0 Å². The highest BCUT2D eigenvalue weighted by Gasteiger charge is 2.18. The molecule has 0 saturated carbocycles. The minimum absolute atomic E-state index is 0.200. The third-order valence-corrected chi connectivity index (χ3v) is 2.57. The minimum Gasteiger partial charge on any atom is -0.0930 e. The largest absolute Gasteiger partial charge is 0.114 e. The van der Waals surface area contributed by atoms with Crippen LogP contribution >= 0.6 is 0 Å². The van der Waals surface area contributed by atoms with Crippen LogP contribution in [0.15, 0.2) is 24.3 Å². The average Bonchev–Trinajstić information content (AvgIpc) is 2.05. The molecule has 0 amide bonds. The molecule has 0 saturated heterocycles. The van der Waals surface area contributed by atoms with E-state index in [4.69, 9.17) is 7.85 Å². The van der Waals surface area contributed by atoms with E-state index in [1.54, 1.807) is 0 Å². The van der Waals surface area contributed by atoms with Gasteiger partial charge in [-0.05, 0) is 17.4 Å². The summed E-state index contributed by atoms with van der Waals surface area (Å²) in [4.78, 5) is 0. The number of hydrogen-bond acceptors (Lipinski definition) is 0. The van der Waals surface area contributed by atoms with E-state index in [-0.39, 0.29) is 5.41 Å². The Labute approximate surface area is 76.4 Å². The summed E-state index contributed by atoms with van der Waals surface area (Å²) in [6.45, 7) is 6.63. The first-order valence-corrected chi connectivity index (χ1v) is 4.43. The molecule has 0 N–H and O–H groups in total. The summed E-state index contributed by atoms with van der Waals surface area (Å²) in [7, 11) is 5.88. The standard InChI is InChI=1S/C11H15B/c1-4-11(2,3)9-7-5-6-8-10(9)12/h5-8H,4H2,1-3H3. The molecule has 0 aliphatic rings. The van der Waals surface area contributed by atoms with E-state index in [1.165, 1.54) is 5.56 Å². The molecule has 0 nitrogen and oxygen atoms in total. The lowest BCUT2D eigenvalue weighted by Crippen LogP contribution is -2.24. The van der Waals surface area contributed by atoms with E-state index < -0.39 is 0 Å². The quantitative estimate of drug-likeness (QED) is 0.578. The molecule has 1 aromatic carbocycles. The van der Waals surface area contributed by atoms with Gasteiger partial charge in [0, 0.05) is 0 Å². The van der Waals surface area contributed by atoms with E-state index in [0.29, 0.717) is 0 Å². The smallest absolute Gasteiger partial charge is 0.0930 e. The fourth-order valence-electron chi connectivity index (χ4n) is 1.30. The predicted molar refractivity (Wildman–Crippen MR) is 55.1 cm³/mol. The Morgan fingerprint density at radius 2 is 1.83 bits per heavy atom. The van der Waals surface area contributed by atoms with Crippen molar-refractivity contribution in [1.29, 1.82) is 0 Å². The number of rotatable bonds is 2. The van der Waals surface area contributed by atoms with E-state index >= 15 is 0 Å². The van der Waals surface area contributed by atoms with Crippen molar-refractivity contribution >= 4 is 13.3 Å². The zero-order chi connectivity index (χ0) is 9.19. The summed E-state index contributed by atoms with van der Waals surface area (Å²) < 4.78 is 0. The summed E-state index contributed by atoms with van der Waals surface area (Å²) in [5, 5.41) is 0. The predicted octanol–water partition coefficient (Wildman–Crippen LogP) is 2.17. The van der Waals surface area contributed by atoms with Crippen molar-refractivity contribution < 1.29 is 0 Å².